The van der Waals surface area contributed by atoms with Crippen molar-refractivity contribution in [3.8, 4) is 16.3 Å². The van der Waals surface area contributed by atoms with Crippen molar-refractivity contribution in [2.24, 2.45) is 5.92 Å². The molecule has 0 aliphatic carbocycles. The number of nitrogens with one attached hydrogen (secondary N) is 2. The molecule has 37 heavy (non-hydrogen) atoms. The van der Waals surface area contributed by atoms with Gasteiger partial charge in [0.25, 0.3) is 5.91 Å². The van der Waals surface area contributed by atoms with E-state index in [9.17, 15) is 14.0 Å². The van der Waals surface area contributed by atoms with Crippen LogP contribution in [0.25, 0.3) is 20.8 Å². The predicted octanol–water partition coefficient (Wildman–Crippen LogP) is 5.82. The Balaban J connectivity index is 1.36. The number of carbonyl (C=O) groups is 2. The van der Waals surface area contributed by atoms with Gasteiger partial charge in [-0.2, -0.15) is 0 Å². The van der Waals surface area contributed by atoms with E-state index in [4.69, 9.17) is 9.84 Å². The lowest BCUT2D eigenvalue weighted by Crippen LogP contribution is -2.32. The first-order valence-corrected chi connectivity index (χ1v) is 12.8. The molecule has 4 aromatic rings. The van der Waals surface area contributed by atoms with Crippen molar-refractivity contribution in [3.63, 3.8) is 0 Å². The minimum absolute atomic E-state index is 0.0674. The van der Waals surface area contributed by atoms with Gasteiger partial charge in [-0.25, -0.2) is 9.37 Å². The Labute approximate surface area is 218 Å². The molecule has 192 valence electrons. The van der Waals surface area contributed by atoms with Gasteiger partial charge >= 0.3 is 5.97 Å². The molecule has 0 radical (unpaired) electrons. The van der Waals surface area contributed by atoms with Gasteiger partial charge in [-0.15, -0.1) is 11.3 Å². The van der Waals surface area contributed by atoms with Crippen molar-refractivity contribution in [3.05, 3.63) is 78.1 Å². The fourth-order valence-electron chi connectivity index (χ4n) is 3.65. The van der Waals surface area contributed by atoms with Crippen LogP contribution in [0.2, 0.25) is 0 Å². The fourth-order valence-corrected chi connectivity index (χ4v) is 4.64. The molecule has 0 saturated heterocycles. The van der Waals surface area contributed by atoms with Crippen molar-refractivity contribution in [1.82, 2.24) is 10.3 Å². The molecular formula is C28H28FN3O4S. The highest BCUT2D eigenvalue weighted by Crippen LogP contribution is 2.33. The third-order valence-electron chi connectivity index (χ3n) is 5.82. The average molecular weight is 522 g/mol. The number of benzene rings is 3. The first-order chi connectivity index (χ1) is 17.8. The van der Waals surface area contributed by atoms with Gasteiger partial charge in [-0.05, 0) is 54.4 Å². The van der Waals surface area contributed by atoms with Crippen molar-refractivity contribution < 1.29 is 23.8 Å². The lowest BCUT2D eigenvalue weighted by molar-refractivity contribution is -0.136. The number of para-hydroxylation sites is 1. The number of rotatable bonds is 11. The van der Waals surface area contributed by atoms with Gasteiger partial charge in [0.05, 0.1) is 22.7 Å². The van der Waals surface area contributed by atoms with E-state index in [1.54, 1.807) is 36.4 Å². The van der Waals surface area contributed by atoms with Crippen molar-refractivity contribution >= 4 is 39.1 Å². The number of halogens is 1. The maximum absolute atomic E-state index is 14.9. The number of aromatic nitrogens is 1. The first kappa shape index (κ1) is 26.1. The first-order valence-electron chi connectivity index (χ1n) is 11.9. The molecule has 3 N–H and O–H groups in total. The Hall–Kier alpha value is -3.98. The summed E-state index contributed by atoms with van der Waals surface area (Å²) in [5.41, 5.74) is 2.54. The zero-order valence-corrected chi connectivity index (χ0v) is 21.3. The zero-order valence-electron chi connectivity index (χ0n) is 20.5. The normalized spacial score (nSPS) is 11.9. The molecule has 1 unspecified atom stereocenters. The number of hydrogen-bond acceptors (Lipinski definition) is 6. The Bertz CT molecular complexity index is 1350. The predicted molar refractivity (Wildman–Crippen MR) is 144 cm³/mol. The molecule has 3 aromatic carbocycles. The lowest BCUT2D eigenvalue weighted by Gasteiger charge is -2.24. The summed E-state index contributed by atoms with van der Waals surface area (Å²) < 4.78 is 21.9. The summed E-state index contributed by atoms with van der Waals surface area (Å²) in [5, 5.41) is 15.3. The zero-order chi connectivity index (χ0) is 26.4. The molecule has 4 rings (SSSR count). The highest BCUT2D eigenvalue weighted by Gasteiger charge is 2.17. The van der Waals surface area contributed by atoms with Crippen LogP contribution >= 0.6 is 11.3 Å². The number of fused-ring (bicyclic) bond motifs is 1. The number of carbonyl (C=O) groups excluding carboxylic acids is 1. The smallest absolute Gasteiger partial charge is 0.305 e. The number of hydrogen-bond donors (Lipinski definition) is 3. The topological polar surface area (TPSA) is 101 Å². The molecule has 1 heterocycles. The van der Waals surface area contributed by atoms with E-state index in [1.165, 1.54) is 17.4 Å². The SMILES string of the molecule is CC(C)C(COc1ccc(-c2nc3ccccc3s2)c(F)c1)Nc1ccc(C(=O)NCCC(=O)O)cc1. The molecule has 0 aliphatic rings. The largest absolute Gasteiger partial charge is 0.491 e. The molecule has 7 nitrogen and oxygen atoms in total. The van der Waals surface area contributed by atoms with Gasteiger partial charge in [0.1, 0.15) is 23.2 Å². The second-order valence-electron chi connectivity index (χ2n) is 8.91. The highest BCUT2D eigenvalue weighted by atomic mass is 32.1. The maximum Gasteiger partial charge on any atom is 0.305 e. The second kappa shape index (κ2) is 11.8. The van der Waals surface area contributed by atoms with Crippen LogP contribution in [-0.4, -0.2) is 41.2 Å². The van der Waals surface area contributed by atoms with E-state index in [0.717, 1.165) is 15.9 Å². The third kappa shape index (κ3) is 6.83. The minimum atomic E-state index is -0.964. The number of ether oxygens (including phenoxy) is 1. The summed E-state index contributed by atoms with van der Waals surface area (Å²) in [4.78, 5) is 27.3. The second-order valence-corrected chi connectivity index (χ2v) is 9.94. The number of carboxylic acid groups (broad SMARTS) is 1. The van der Waals surface area contributed by atoms with Gasteiger partial charge in [0.15, 0.2) is 0 Å². The number of nitrogens with zero attached hydrogens (tertiary/aromatic N) is 1. The van der Waals surface area contributed by atoms with E-state index in [1.807, 2.05) is 24.3 Å². The molecule has 1 atom stereocenters. The van der Waals surface area contributed by atoms with Crippen molar-refractivity contribution in [2.75, 3.05) is 18.5 Å². The van der Waals surface area contributed by atoms with Gasteiger partial charge in [-0.1, -0.05) is 26.0 Å². The molecule has 0 aliphatic heterocycles. The quantitative estimate of drug-likeness (QED) is 0.230. The number of amides is 1. The van der Waals surface area contributed by atoms with Crippen LogP contribution < -0.4 is 15.4 Å². The maximum atomic E-state index is 14.9. The summed E-state index contributed by atoms with van der Waals surface area (Å²) in [6, 6.07) is 19.4. The van der Waals surface area contributed by atoms with Gasteiger partial charge in [-0.3, -0.25) is 9.59 Å². The molecule has 0 bridgehead atoms. The van der Waals surface area contributed by atoms with Crippen molar-refractivity contribution in [2.45, 2.75) is 26.3 Å². The molecule has 0 fully saturated rings. The van der Waals surface area contributed by atoms with Gasteiger partial charge in [0, 0.05) is 29.4 Å². The van der Waals surface area contributed by atoms with Crippen LogP contribution in [0.4, 0.5) is 10.1 Å². The fraction of sp³-hybridized carbons (Fsp3) is 0.250. The molecule has 0 spiro atoms. The molecule has 0 saturated carbocycles. The Morgan fingerprint density at radius 1 is 1.08 bits per heavy atom. The van der Waals surface area contributed by atoms with Crippen LogP contribution in [0.3, 0.4) is 0 Å². The minimum Gasteiger partial charge on any atom is -0.491 e. The van der Waals surface area contributed by atoms with E-state index >= 15 is 0 Å². The van der Waals surface area contributed by atoms with Crippen LogP contribution in [0.15, 0.2) is 66.7 Å². The van der Waals surface area contributed by atoms with Crippen LogP contribution in [0.1, 0.15) is 30.6 Å². The molecule has 1 aromatic heterocycles. The van der Waals surface area contributed by atoms with Crippen molar-refractivity contribution in [1.29, 1.82) is 0 Å². The highest BCUT2D eigenvalue weighted by molar-refractivity contribution is 7.21. The summed E-state index contributed by atoms with van der Waals surface area (Å²) in [6.07, 6.45) is -0.129. The molecule has 1 amide bonds. The van der Waals surface area contributed by atoms with Crippen LogP contribution in [0.5, 0.6) is 5.75 Å². The van der Waals surface area contributed by atoms with E-state index in [-0.39, 0.29) is 36.6 Å². The summed E-state index contributed by atoms with van der Waals surface area (Å²) in [5.74, 6) is -1.03. The third-order valence-corrected chi connectivity index (χ3v) is 6.89. The van der Waals surface area contributed by atoms with E-state index in [2.05, 4.69) is 29.5 Å². The van der Waals surface area contributed by atoms with E-state index in [0.29, 0.717) is 28.5 Å². The lowest BCUT2D eigenvalue weighted by atomic mass is 10.0. The van der Waals surface area contributed by atoms with E-state index < -0.39 is 5.97 Å². The molecule has 9 heteroatoms. The molecular weight excluding hydrogens is 493 g/mol. The van der Waals surface area contributed by atoms with Crippen LogP contribution in [-0.2, 0) is 4.79 Å². The Morgan fingerprint density at radius 3 is 2.51 bits per heavy atom. The van der Waals surface area contributed by atoms with Gasteiger partial charge in [0.2, 0.25) is 0 Å². The Morgan fingerprint density at radius 2 is 1.84 bits per heavy atom. The summed E-state index contributed by atoms with van der Waals surface area (Å²) in [6.45, 7) is 4.50. The summed E-state index contributed by atoms with van der Waals surface area (Å²) >= 11 is 1.45. The number of thiazole rings is 1. The number of carboxylic acids is 1. The average Bonchev–Trinajstić information content (AvgIpc) is 3.30. The van der Waals surface area contributed by atoms with Crippen LogP contribution in [0, 0.1) is 11.7 Å². The Kier molecular flexibility index (Phi) is 8.35. The summed E-state index contributed by atoms with van der Waals surface area (Å²) in [7, 11) is 0. The number of anilines is 1. The number of aliphatic carboxylic acids is 1. The van der Waals surface area contributed by atoms with Gasteiger partial charge < -0.3 is 20.5 Å². The monoisotopic (exact) mass is 521 g/mol. The standard InChI is InChI=1S/C28H28FN3O4S/c1-17(2)24(31-19-9-7-18(8-10-19)27(35)30-14-13-26(33)34)16-36-20-11-12-21(22(29)15-20)28-32-23-5-3-4-6-25(23)37-28/h3-12,15,17,24,31H,13-14,16H2,1-2H3,(H,30,35)(H,33,34).